The largest absolute Gasteiger partial charge is 0.466 e. The molecule has 3 heterocycles. The third-order valence-electron chi connectivity index (χ3n) is 5.40. The fourth-order valence-electron chi connectivity index (χ4n) is 3.97. The number of benzene rings is 1. The molecule has 0 saturated carbocycles. The van der Waals surface area contributed by atoms with Crippen molar-refractivity contribution in [1.82, 2.24) is 9.80 Å². The van der Waals surface area contributed by atoms with Crippen molar-refractivity contribution in [1.29, 1.82) is 0 Å². The van der Waals surface area contributed by atoms with Crippen molar-refractivity contribution in [3.8, 4) is 0 Å². The van der Waals surface area contributed by atoms with Gasteiger partial charge in [0, 0.05) is 23.8 Å². The molecule has 0 aliphatic carbocycles. The van der Waals surface area contributed by atoms with E-state index in [1.54, 1.807) is 13.0 Å². The van der Waals surface area contributed by atoms with Gasteiger partial charge in [-0.1, -0.05) is 41.6 Å². The minimum absolute atomic E-state index is 0.0967. The number of allylic oxidation sites excluding steroid dienone is 1. The first-order chi connectivity index (χ1) is 14.0. The number of amides is 1. The van der Waals surface area contributed by atoms with Gasteiger partial charge in [-0.2, -0.15) is 0 Å². The average Bonchev–Trinajstić information content (AvgIpc) is 3.37. The van der Waals surface area contributed by atoms with Crippen molar-refractivity contribution in [2.45, 2.75) is 32.2 Å². The summed E-state index contributed by atoms with van der Waals surface area (Å²) in [6, 6.07) is 6.95. The molecule has 1 aromatic carbocycles. The van der Waals surface area contributed by atoms with E-state index in [-0.39, 0.29) is 12.3 Å². The quantitative estimate of drug-likeness (QED) is 0.671. The van der Waals surface area contributed by atoms with Crippen LogP contribution in [0.2, 0.25) is 5.02 Å². The van der Waals surface area contributed by atoms with E-state index < -0.39 is 12.0 Å². The van der Waals surface area contributed by atoms with Crippen molar-refractivity contribution >= 4 is 40.4 Å². The zero-order chi connectivity index (χ0) is 20.5. The number of amidine groups is 1. The standard InChI is InChI=1S/C21H22ClN3O3S/c1-13-18(20(27)28-2)19(15-7-3-4-8-16(15)22)25-14(12-29-21(25)23-13)11-17(26)24-9-5-6-10-24/h3-4,7-8,12,19H,5-6,9-11H2,1-2H3/t19-/m0/s1. The molecule has 4 rings (SSSR count). The molecule has 152 valence electrons. The van der Waals surface area contributed by atoms with Crippen molar-refractivity contribution in [3.05, 3.63) is 57.2 Å². The summed E-state index contributed by atoms with van der Waals surface area (Å²) in [4.78, 5) is 34.0. The zero-order valence-electron chi connectivity index (χ0n) is 16.4. The van der Waals surface area contributed by atoms with E-state index in [1.165, 1.54) is 18.9 Å². The van der Waals surface area contributed by atoms with Crippen LogP contribution in [0.1, 0.15) is 37.8 Å². The van der Waals surface area contributed by atoms with Gasteiger partial charge < -0.3 is 14.5 Å². The predicted octanol–water partition coefficient (Wildman–Crippen LogP) is 4.10. The zero-order valence-corrected chi connectivity index (χ0v) is 17.9. The molecule has 0 aromatic heterocycles. The molecular weight excluding hydrogens is 410 g/mol. The van der Waals surface area contributed by atoms with Gasteiger partial charge in [-0.25, -0.2) is 9.79 Å². The van der Waals surface area contributed by atoms with Gasteiger partial charge in [0.15, 0.2) is 5.17 Å². The number of fused-ring (bicyclic) bond motifs is 1. The molecule has 0 unspecified atom stereocenters. The lowest BCUT2D eigenvalue weighted by Gasteiger charge is -2.36. The number of likely N-dealkylation sites (tertiary alicyclic amines) is 1. The Morgan fingerprint density at radius 2 is 2.00 bits per heavy atom. The number of nitrogens with zero attached hydrogens (tertiary/aromatic N) is 3. The first-order valence-corrected chi connectivity index (χ1v) is 10.8. The van der Waals surface area contributed by atoms with Gasteiger partial charge in [0.25, 0.3) is 0 Å². The summed E-state index contributed by atoms with van der Waals surface area (Å²) in [6.07, 6.45) is 2.36. The molecule has 1 amide bonds. The Morgan fingerprint density at radius 3 is 2.69 bits per heavy atom. The number of carbonyl (C=O) groups excluding carboxylic acids is 2. The van der Waals surface area contributed by atoms with E-state index in [1.807, 2.05) is 33.4 Å². The Kier molecular flexibility index (Phi) is 5.69. The molecule has 1 fully saturated rings. The maximum absolute atomic E-state index is 12.8. The lowest BCUT2D eigenvalue weighted by molar-refractivity contribution is -0.136. The molecule has 3 aliphatic heterocycles. The fourth-order valence-corrected chi connectivity index (χ4v) is 5.17. The molecule has 0 spiro atoms. The summed E-state index contributed by atoms with van der Waals surface area (Å²) in [5.41, 5.74) is 2.64. The number of methoxy groups -OCH3 is 1. The Bertz CT molecular complexity index is 950. The summed E-state index contributed by atoms with van der Waals surface area (Å²) < 4.78 is 5.06. The first-order valence-electron chi connectivity index (χ1n) is 9.56. The summed E-state index contributed by atoms with van der Waals surface area (Å²) in [6.45, 7) is 3.41. The highest BCUT2D eigenvalue weighted by Crippen LogP contribution is 2.46. The second kappa shape index (κ2) is 8.24. The number of carbonyl (C=O) groups is 2. The minimum atomic E-state index is -0.490. The van der Waals surface area contributed by atoms with Gasteiger partial charge in [0.2, 0.25) is 5.91 Å². The molecular formula is C21H22ClN3O3S. The van der Waals surface area contributed by atoms with E-state index >= 15 is 0 Å². The molecule has 0 radical (unpaired) electrons. The number of thioether (sulfide) groups is 1. The topological polar surface area (TPSA) is 62.2 Å². The SMILES string of the molecule is COC(=O)C1=C(C)N=C2SC=C(CC(=O)N3CCCC3)N2[C@H]1c1ccccc1Cl. The monoisotopic (exact) mass is 431 g/mol. The molecule has 8 heteroatoms. The van der Waals surface area contributed by atoms with Crippen LogP contribution < -0.4 is 0 Å². The second-order valence-corrected chi connectivity index (χ2v) is 8.41. The van der Waals surface area contributed by atoms with Crippen LogP contribution in [0, 0.1) is 0 Å². The highest BCUT2D eigenvalue weighted by molar-refractivity contribution is 8.16. The van der Waals surface area contributed by atoms with Gasteiger partial charge in [-0.05, 0) is 36.8 Å². The number of aliphatic imine (C=N–C) groups is 1. The van der Waals surface area contributed by atoms with Crippen molar-refractivity contribution in [2.75, 3.05) is 20.2 Å². The molecule has 1 saturated heterocycles. The number of hydrogen-bond donors (Lipinski definition) is 0. The molecule has 1 atom stereocenters. The van der Waals surface area contributed by atoms with Gasteiger partial charge in [0.05, 0.1) is 30.8 Å². The Balaban J connectivity index is 1.74. The van der Waals surface area contributed by atoms with Crippen molar-refractivity contribution in [3.63, 3.8) is 0 Å². The van der Waals surface area contributed by atoms with Crippen LogP contribution in [0.5, 0.6) is 0 Å². The van der Waals surface area contributed by atoms with Crippen LogP contribution in [-0.2, 0) is 14.3 Å². The van der Waals surface area contributed by atoms with Crippen LogP contribution >= 0.6 is 23.4 Å². The van der Waals surface area contributed by atoms with Crippen LogP contribution in [0.25, 0.3) is 0 Å². The molecule has 1 aromatic rings. The van der Waals surface area contributed by atoms with E-state index in [4.69, 9.17) is 16.3 Å². The summed E-state index contributed by atoms with van der Waals surface area (Å²) in [5, 5.41) is 3.24. The van der Waals surface area contributed by atoms with Crippen LogP contribution in [0.3, 0.4) is 0 Å². The average molecular weight is 432 g/mol. The highest BCUT2D eigenvalue weighted by Gasteiger charge is 2.42. The van der Waals surface area contributed by atoms with Gasteiger partial charge in [0.1, 0.15) is 0 Å². The summed E-state index contributed by atoms with van der Waals surface area (Å²) in [5.74, 6) is -0.350. The Hall–Kier alpha value is -2.25. The number of hydrogen-bond acceptors (Lipinski definition) is 6. The van der Waals surface area contributed by atoms with Crippen molar-refractivity contribution in [2.24, 2.45) is 4.99 Å². The first kappa shape index (κ1) is 20.0. The maximum atomic E-state index is 12.8. The molecule has 3 aliphatic rings. The van der Waals surface area contributed by atoms with Gasteiger partial charge >= 0.3 is 5.97 Å². The summed E-state index contributed by atoms with van der Waals surface area (Å²) >= 11 is 7.99. The highest BCUT2D eigenvalue weighted by atomic mass is 35.5. The number of esters is 1. The maximum Gasteiger partial charge on any atom is 0.338 e. The van der Waals surface area contributed by atoms with E-state index in [0.29, 0.717) is 16.3 Å². The third-order valence-corrected chi connectivity index (χ3v) is 6.63. The lowest BCUT2D eigenvalue weighted by atomic mass is 9.93. The third kappa shape index (κ3) is 3.69. The predicted molar refractivity (Wildman–Crippen MR) is 114 cm³/mol. The number of rotatable bonds is 4. The van der Waals surface area contributed by atoms with Gasteiger partial charge in [-0.3, -0.25) is 4.79 Å². The fraction of sp³-hybridized carbons (Fsp3) is 0.381. The normalized spacial score (nSPS) is 21.1. The molecule has 0 bridgehead atoms. The van der Waals surface area contributed by atoms with Crippen LogP contribution in [0.15, 0.2) is 51.6 Å². The molecule has 6 nitrogen and oxygen atoms in total. The van der Waals surface area contributed by atoms with Crippen LogP contribution in [-0.4, -0.2) is 47.0 Å². The van der Waals surface area contributed by atoms with E-state index in [0.717, 1.165) is 42.4 Å². The minimum Gasteiger partial charge on any atom is -0.466 e. The summed E-state index contributed by atoms with van der Waals surface area (Å²) in [7, 11) is 1.36. The smallest absolute Gasteiger partial charge is 0.338 e. The second-order valence-electron chi connectivity index (χ2n) is 7.17. The van der Waals surface area contributed by atoms with Gasteiger partial charge in [-0.15, -0.1) is 0 Å². The Labute approximate surface area is 179 Å². The molecule has 0 N–H and O–H groups in total. The molecule has 29 heavy (non-hydrogen) atoms. The van der Waals surface area contributed by atoms with Crippen molar-refractivity contribution < 1.29 is 14.3 Å². The number of ether oxygens (including phenoxy) is 1. The Morgan fingerprint density at radius 1 is 1.28 bits per heavy atom. The van der Waals surface area contributed by atoms with Crippen LogP contribution in [0.4, 0.5) is 0 Å². The van der Waals surface area contributed by atoms with E-state index in [2.05, 4.69) is 4.99 Å². The van der Waals surface area contributed by atoms with E-state index in [9.17, 15) is 9.59 Å². The lowest BCUT2D eigenvalue weighted by Crippen LogP contribution is -2.38. The number of halogens is 1.